The standard InChI is InChI=1S/C17H27NO2/c1-19-15-10-14(11-16(12-15)20-2)17(18)9-8-13-6-4-3-5-7-13/h10-13,17H,3-9,18H2,1-2H3. The topological polar surface area (TPSA) is 44.5 Å². The predicted octanol–water partition coefficient (Wildman–Crippen LogP) is 4.06. The fourth-order valence-corrected chi connectivity index (χ4v) is 3.10. The Morgan fingerprint density at radius 1 is 1.05 bits per heavy atom. The van der Waals surface area contributed by atoms with Crippen molar-refractivity contribution in [3.05, 3.63) is 23.8 Å². The van der Waals surface area contributed by atoms with E-state index in [0.29, 0.717) is 0 Å². The molecule has 0 aromatic heterocycles. The molecule has 0 heterocycles. The van der Waals surface area contributed by atoms with Crippen LogP contribution in [0.5, 0.6) is 11.5 Å². The largest absolute Gasteiger partial charge is 0.497 e. The van der Waals surface area contributed by atoms with Crippen molar-refractivity contribution in [3.8, 4) is 11.5 Å². The van der Waals surface area contributed by atoms with Gasteiger partial charge >= 0.3 is 0 Å². The first-order valence-electron chi connectivity index (χ1n) is 7.71. The Bertz CT molecular complexity index is 391. The molecule has 1 atom stereocenters. The fourth-order valence-electron chi connectivity index (χ4n) is 3.10. The lowest BCUT2D eigenvalue weighted by molar-refractivity contribution is 0.323. The Balaban J connectivity index is 1.95. The molecule has 1 aliphatic carbocycles. The smallest absolute Gasteiger partial charge is 0.122 e. The molecule has 2 rings (SSSR count). The molecule has 3 heteroatoms. The van der Waals surface area contributed by atoms with Gasteiger partial charge in [0.15, 0.2) is 0 Å². The van der Waals surface area contributed by atoms with Crippen LogP contribution in [0.3, 0.4) is 0 Å². The highest BCUT2D eigenvalue weighted by molar-refractivity contribution is 5.39. The van der Waals surface area contributed by atoms with Crippen LogP contribution in [-0.4, -0.2) is 14.2 Å². The molecule has 1 aromatic carbocycles. The zero-order chi connectivity index (χ0) is 14.4. The summed E-state index contributed by atoms with van der Waals surface area (Å²) in [7, 11) is 3.35. The maximum absolute atomic E-state index is 6.35. The van der Waals surface area contributed by atoms with E-state index in [-0.39, 0.29) is 6.04 Å². The maximum Gasteiger partial charge on any atom is 0.122 e. The summed E-state index contributed by atoms with van der Waals surface area (Å²) in [4.78, 5) is 0. The van der Waals surface area contributed by atoms with Crippen molar-refractivity contribution in [2.24, 2.45) is 11.7 Å². The molecule has 1 fully saturated rings. The van der Waals surface area contributed by atoms with E-state index in [1.165, 1.54) is 38.5 Å². The molecular formula is C17H27NO2. The van der Waals surface area contributed by atoms with Crippen LogP contribution in [-0.2, 0) is 0 Å². The SMILES string of the molecule is COc1cc(OC)cc(C(N)CCC2CCCCC2)c1. The average molecular weight is 277 g/mol. The number of benzene rings is 1. The second kappa shape index (κ2) is 7.53. The van der Waals surface area contributed by atoms with Crippen LogP contribution in [0.15, 0.2) is 18.2 Å². The molecule has 0 amide bonds. The zero-order valence-corrected chi connectivity index (χ0v) is 12.7. The summed E-state index contributed by atoms with van der Waals surface area (Å²) in [6.07, 6.45) is 9.25. The summed E-state index contributed by atoms with van der Waals surface area (Å²) in [5.74, 6) is 2.50. The third-order valence-electron chi connectivity index (χ3n) is 4.41. The van der Waals surface area contributed by atoms with Crippen molar-refractivity contribution in [3.63, 3.8) is 0 Å². The van der Waals surface area contributed by atoms with Crippen LogP contribution in [0.2, 0.25) is 0 Å². The normalized spacial score (nSPS) is 17.8. The van der Waals surface area contributed by atoms with Gasteiger partial charge in [0, 0.05) is 12.1 Å². The molecule has 1 aliphatic rings. The van der Waals surface area contributed by atoms with Gasteiger partial charge in [0.25, 0.3) is 0 Å². The van der Waals surface area contributed by atoms with Crippen molar-refractivity contribution in [1.82, 2.24) is 0 Å². The fraction of sp³-hybridized carbons (Fsp3) is 0.647. The van der Waals surface area contributed by atoms with Gasteiger partial charge in [0.1, 0.15) is 11.5 Å². The average Bonchev–Trinajstić information content (AvgIpc) is 2.52. The van der Waals surface area contributed by atoms with Crippen LogP contribution in [0, 0.1) is 5.92 Å². The molecule has 20 heavy (non-hydrogen) atoms. The summed E-state index contributed by atoms with van der Waals surface area (Å²) in [6, 6.07) is 6.00. The van der Waals surface area contributed by atoms with E-state index in [1.807, 2.05) is 18.2 Å². The van der Waals surface area contributed by atoms with E-state index in [1.54, 1.807) is 14.2 Å². The van der Waals surface area contributed by atoms with Crippen LogP contribution in [0.25, 0.3) is 0 Å². The summed E-state index contributed by atoms with van der Waals surface area (Å²) >= 11 is 0. The number of rotatable bonds is 6. The van der Waals surface area contributed by atoms with E-state index >= 15 is 0 Å². The summed E-state index contributed by atoms with van der Waals surface area (Å²) < 4.78 is 10.6. The minimum Gasteiger partial charge on any atom is -0.497 e. The van der Waals surface area contributed by atoms with Crippen LogP contribution in [0.4, 0.5) is 0 Å². The van der Waals surface area contributed by atoms with Gasteiger partial charge in [0.2, 0.25) is 0 Å². The number of nitrogens with two attached hydrogens (primary N) is 1. The van der Waals surface area contributed by atoms with Gasteiger partial charge in [0.05, 0.1) is 14.2 Å². The summed E-state index contributed by atoms with van der Waals surface area (Å²) in [5, 5.41) is 0. The van der Waals surface area contributed by atoms with Gasteiger partial charge < -0.3 is 15.2 Å². The van der Waals surface area contributed by atoms with Crippen molar-refractivity contribution in [1.29, 1.82) is 0 Å². The molecule has 1 unspecified atom stereocenters. The molecule has 1 saturated carbocycles. The first kappa shape index (κ1) is 15.2. The summed E-state index contributed by atoms with van der Waals surface area (Å²) in [5.41, 5.74) is 7.46. The number of hydrogen-bond acceptors (Lipinski definition) is 3. The lowest BCUT2D eigenvalue weighted by Crippen LogP contribution is -2.14. The lowest BCUT2D eigenvalue weighted by atomic mass is 9.84. The zero-order valence-electron chi connectivity index (χ0n) is 12.7. The predicted molar refractivity (Wildman–Crippen MR) is 82.3 cm³/mol. The Morgan fingerprint density at radius 3 is 2.20 bits per heavy atom. The third kappa shape index (κ3) is 4.14. The Hall–Kier alpha value is -1.22. The highest BCUT2D eigenvalue weighted by Crippen LogP contribution is 2.31. The molecule has 0 bridgehead atoms. The van der Waals surface area contributed by atoms with Crippen molar-refractivity contribution in [2.45, 2.75) is 51.0 Å². The molecule has 112 valence electrons. The van der Waals surface area contributed by atoms with Gasteiger partial charge in [-0.2, -0.15) is 0 Å². The number of ether oxygens (including phenoxy) is 2. The van der Waals surface area contributed by atoms with Crippen LogP contribution >= 0.6 is 0 Å². The maximum atomic E-state index is 6.35. The molecule has 3 nitrogen and oxygen atoms in total. The highest BCUT2D eigenvalue weighted by Gasteiger charge is 2.16. The van der Waals surface area contributed by atoms with Gasteiger partial charge in [-0.05, 0) is 36.5 Å². The van der Waals surface area contributed by atoms with Crippen LogP contribution in [0.1, 0.15) is 56.6 Å². The van der Waals surface area contributed by atoms with E-state index in [0.717, 1.165) is 29.4 Å². The monoisotopic (exact) mass is 277 g/mol. The number of hydrogen-bond donors (Lipinski definition) is 1. The quantitative estimate of drug-likeness (QED) is 0.852. The molecule has 0 saturated heterocycles. The molecule has 1 aromatic rings. The van der Waals surface area contributed by atoms with Crippen molar-refractivity contribution in [2.75, 3.05) is 14.2 Å². The third-order valence-corrected chi connectivity index (χ3v) is 4.41. The van der Waals surface area contributed by atoms with E-state index in [9.17, 15) is 0 Å². The second-order valence-corrected chi connectivity index (χ2v) is 5.83. The highest BCUT2D eigenvalue weighted by atomic mass is 16.5. The van der Waals surface area contributed by atoms with E-state index < -0.39 is 0 Å². The number of methoxy groups -OCH3 is 2. The minimum absolute atomic E-state index is 0.0703. The Labute approximate surface area is 122 Å². The first-order chi connectivity index (χ1) is 9.72. The van der Waals surface area contributed by atoms with Gasteiger partial charge in [-0.3, -0.25) is 0 Å². The second-order valence-electron chi connectivity index (χ2n) is 5.83. The van der Waals surface area contributed by atoms with Gasteiger partial charge in [-0.15, -0.1) is 0 Å². The van der Waals surface area contributed by atoms with Crippen molar-refractivity contribution >= 4 is 0 Å². The van der Waals surface area contributed by atoms with Gasteiger partial charge in [-0.1, -0.05) is 32.1 Å². The van der Waals surface area contributed by atoms with Crippen LogP contribution < -0.4 is 15.2 Å². The lowest BCUT2D eigenvalue weighted by Gasteiger charge is -2.23. The molecule has 0 spiro atoms. The minimum atomic E-state index is 0.0703. The summed E-state index contributed by atoms with van der Waals surface area (Å²) in [6.45, 7) is 0. The molecule has 0 aliphatic heterocycles. The molecular weight excluding hydrogens is 250 g/mol. The first-order valence-corrected chi connectivity index (χ1v) is 7.71. The van der Waals surface area contributed by atoms with Gasteiger partial charge in [-0.25, -0.2) is 0 Å². The van der Waals surface area contributed by atoms with E-state index in [4.69, 9.17) is 15.2 Å². The van der Waals surface area contributed by atoms with Crippen molar-refractivity contribution < 1.29 is 9.47 Å². The Morgan fingerprint density at radius 2 is 1.65 bits per heavy atom. The molecule has 2 N–H and O–H groups in total. The van der Waals surface area contributed by atoms with E-state index in [2.05, 4.69) is 0 Å². The Kier molecular flexibility index (Phi) is 5.72. The molecule has 0 radical (unpaired) electrons.